The van der Waals surface area contributed by atoms with Gasteiger partial charge in [0.25, 0.3) is 5.91 Å². The Kier molecular flexibility index (Phi) is 4.57. The number of amides is 1. The lowest BCUT2D eigenvalue weighted by Crippen LogP contribution is -2.21. The molecule has 1 amide bonds. The van der Waals surface area contributed by atoms with Crippen LogP contribution in [0.4, 0.5) is 11.4 Å². The molecule has 1 aromatic heterocycles. The van der Waals surface area contributed by atoms with Gasteiger partial charge in [-0.2, -0.15) is 0 Å². The number of rotatable bonds is 6. The van der Waals surface area contributed by atoms with E-state index >= 15 is 0 Å². The fraction of sp³-hybridized carbons (Fsp3) is 0.133. The van der Waals surface area contributed by atoms with Gasteiger partial charge in [-0.15, -0.1) is 10.2 Å². The lowest BCUT2D eigenvalue weighted by molar-refractivity contribution is 0.0958. The predicted octanol–water partition coefficient (Wildman–Crippen LogP) is 1.55. The number of methoxy groups -OCH3 is 1. The minimum Gasteiger partial charge on any atom is -0.494 e. The number of hydrogen-bond donors (Lipinski definition) is 4. The second-order valence-corrected chi connectivity index (χ2v) is 4.93. The van der Waals surface area contributed by atoms with E-state index in [1.807, 2.05) is 5.32 Å². The van der Waals surface area contributed by atoms with E-state index in [1.165, 1.54) is 13.2 Å². The number of aliphatic imine (C=N–C) groups is 1. The van der Waals surface area contributed by atoms with Gasteiger partial charge in [0.2, 0.25) is 0 Å². The summed E-state index contributed by atoms with van der Waals surface area (Å²) in [5, 5.41) is 19.0. The zero-order valence-corrected chi connectivity index (χ0v) is 13.8. The summed E-state index contributed by atoms with van der Waals surface area (Å²) in [6, 6.07) is 6.21. The topological polar surface area (TPSA) is 138 Å². The van der Waals surface area contributed by atoms with Gasteiger partial charge in [-0.1, -0.05) is 17.7 Å². The van der Waals surface area contributed by atoms with Gasteiger partial charge in [-0.3, -0.25) is 10.2 Å². The monoisotopic (exact) mass is 364 g/mol. The minimum absolute atomic E-state index is 0.0204. The number of carbonyl (C=O) groups excluding carboxylic acids is 1. The van der Waals surface area contributed by atoms with Crippen molar-refractivity contribution in [1.29, 1.82) is 5.41 Å². The van der Waals surface area contributed by atoms with Gasteiger partial charge in [0.1, 0.15) is 12.2 Å². The SMILES string of the molecule is [2H]C([2H])([2H])NC(=O)c1nnc(Cl)cc1Nc1cccc(C(N)=NC=N)c1OC. The summed E-state index contributed by atoms with van der Waals surface area (Å²) in [7, 11) is 1.40. The largest absolute Gasteiger partial charge is 0.494 e. The van der Waals surface area contributed by atoms with Gasteiger partial charge in [0, 0.05) is 17.2 Å². The quantitative estimate of drug-likeness (QED) is 0.453. The third kappa shape index (κ3) is 4.01. The van der Waals surface area contributed by atoms with Crippen molar-refractivity contribution in [2.24, 2.45) is 10.7 Å². The van der Waals surface area contributed by atoms with Crippen LogP contribution in [0.2, 0.25) is 5.15 Å². The number of aromatic nitrogens is 2. The Morgan fingerprint density at radius 1 is 1.48 bits per heavy atom. The summed E-state index contributed by atoms with van der Waals surface area (Å²) in [4.78, 5) is 16.0. The van der Waals surface area contributed by atoms with Crippen molar-refractivity contribution in [2.75, 3.05) is 19.4 Å². The van der Waals surface area contributed by atoms with E-state index in [-0.39, 0.29) is 28.1 Å². The van der Waals surface area contributed by atoms with Crippen LogP contribution >= 0.6 is 11.6 Å². The third-order valence-electron chi connectivity index (χ3n) is 3.06. The summed E-state index contributed by atoms with van der Waals surface area (Å²) in [5.74, 6) is -0.644. The normalized spacial score (nSPS) is 13.2. The molecule has 2 aromatic rings. The number of nitrogens with zero attached hydrogens (tertiary/aromatic N) is 3. The van der Waals surface area contributed by atoms with Crippen molar-refractivity contribution < 1.29 is 13.6 Å². The number of nitrogens with one attached hydrogen (secondary N) is 3. The molecular weight excluding hydrogens is 346 g/mol. The smallest absolute Gasteiger partial charge is 0.273 e. The molecule has 0 bridgehead atoms. The fourth-order valence-corrected chi connectivity index (χ4v) is 2.18. The first kappa shape index (κ1) is 14.2. The molecule has 9 nitrogen and oxygen atoms in total. The first-order valence-electron chi connectivity index (χ1n) is 8.28. The maximum absolute atomic E-state index is 12.2. The molecule has 0 atom stereocenters. The molecule has 5 N–H and O–H groups in total. The Bertz CT molecular complexity index is 934. The van der Waals surface area contributed by atoms with E-state index in [4.69, 9.17) is 31.6 Å². The maximum atomic E-state index is 12.2. The van der Waals surface area contributed by atoms with Crippen LogP contribution in [-0.4, -0.2) is 42.4 Å². The number of halogens is 1. The third-order valence-corrected chi connectivity index (χ3v) is 3.25. The van der Waals surface area contributed by atoms with Crippen LogP contribution in [0, 0.1) is 5.41 Å². The number of amidine groups is 1. The van der Waals surface area contributed by atoms with Crippen LogP contribution in [0.3, 0.4) is 0 Å². The van der Waals surface area contributed by atoms with E-state index in [0.29, 0.717) is 11.3 Å². The van der Waals surface area contributed by atoms with Crippen molar-refractivity contribution in [3.63, 3.8) is 0 Å². The molecule has 25 heavy (non-hydrogen) atoms. The van der Waals surface area contributed by atoms with Crippen molar-refractivity contribution in [3.8, 4) is 5.75 Å². The van der Waals surface area contributed by atoms with E-state index in [9.17, 15) is 4.79 Å². The molecule has 10 heteroatoms. The molecule has 0 unspecified atom stereocenters. The van der Waals surface area contributed by atoms with Crippen LogP contribution in [-0.2, 0) is 0 Å². The van der Waals surface area contributed by atoms with Crippen LogP contribution < -0.4 is 21.1 Å². The van der Waals surface area contributed by atoms with Crippen molar-refractivity contribution in [1.82, 2.24) is 15.5 Å². The van der Waals surface area contributed by atoms with E-state index in [2.05, 4.69) is 20.5 Å². The molecule has 0 radical (unpaired) electrons. The Hall–Kier alpha value is -3.20. The highest BCUT2D eigenvalue weighted by molar-refractivity contribution is 6.29. The van der Waals surface area contributed by atoms with Crippen LogP contribution in [0.15, 0.2) is 29.3 Å². The molecule has 0 aliphatic carbocycles. The van der Waals surface area contributed by atoms with E-state index < -0.39 is 12.9 Å². The second-order valence-electron chi connectivity index (χ2n) is 4.54. The van der Waals surface area contributed by atoms with Crippen LogP contribution in [0.5, 0.6) is 5.75 Å². The van der Waals surface area contributed by atoms with Crippen molar-refractivity contribution in [3.05, 3.63) is 40.7 Å². The average molecular weight is 365 g/mol. The summed E-state index contributed by atoms with van der Waals surface area (Å²) < 4.78 is 26.9. The van der Waals surface area contributed by atoms with Gasteiger partial charge in [0.05, 0.1) is 24.0 Å². The zero-order chi connectivity index (χ0) is 20.9. The first-order valence-corrected chi connectivity index (χ1v) is 7.16. The van der Waals surface area contributed by atoms with Gasteiger partial charge in [-0.05, 0) is 12.1 Å². The molecule has 0 saturated carbocycles. The Balaban J connectivity index is 2.50. The Morgan fingerprint density at radius 3 is 2.96 bits per heavy atom. The van der Waals surface area contributed by atoms with Crippen LogP contribution in [0.1, 0.15) is 20.2 Å². The summed E-state index contributed by atoms with van der Waals surface area (Å²) >= 11 is 5.87. The number of anilines is 2. The lowest BCUT2D eigenvalue weighted by Gasteiger charge is -2.16. The standard InChI is InChI=1S/C15H16ClN7O2/c1-19-15(24)12-10(6-11(16)22-23-12)21-9-5-3-4-8(13(9)25-2)14(18)20-7-17/h3-7H,1-2H3,(H,19,24)(H,21,22)(H3,17,18,20)/i1D3. The molecule has 0 aliphatic heterocycles. The zero-order valence-electron chi connectivity index (χ0n) is 16.0. The van der Waals surface area contributed by atoms with Gasteiger partial charge in [-0.25, -0.2) is 4.99 Å². The summed E-state index contributed by atoms with van der Waals surface area (Å²) in [6.45, 7) is -2.70. The van der Waals surface area contributed by atoms with Crippen LogP contribution in [0.25, 0.3) is 0 Å². The molecule has 2 rings (SSSR count). The second kappa shape index (κ2) is 8.06. The number of nitrogens with two attached hydrogens (primary N) is 1. The number of para-hydroxylation sites is 1. The van der Waals surface area contributed by atoms with Crippen molar-refractivity contribution in [2.45, 2.75) is 0 Å². The highest BCUT2D eigenvalue weighted by Crippen LogP contribution is 2.32. The number of hydrogen-bond acceptors (Lipinski definition) is 6. The summed E-state index contributed by atoms with van der Waals surface area (Å²) in [6.07, 6.45) is 0.790. The van der Waals surface area contributed by atoms with Crippen molar-refractivity contribution >= 4 is 41.1 Å². The average Bonchev–Trinajstić information content (AvgIpc) is 2.60. The molecule has 130 valence electrons. The molecule has 0 saturated heterocycles. The molecule has 0 fully saturated rings. The molecule has 0 aliphatic rings. The molecule has 1 aromatic carbocycles. The molecule has 0 spiro atoms. The van der Waals surface area contributed by atoms with Gasteiger partial charge in [0.15, 0.2) is 16.6 Å². The highest BCUT2D eigenvalue weighted by atomic mass is 35.5. The van der Waals surface area contributed by atoms with Gasteiger partial charge < -0.3 is 21.1 Å². The summed E-state index contributed by atoms with van der Waals surface area (Å²) in [5.41, 5.74) is 6.42. The van der Waals surface area contributed by atoms with Gasteiger partial charge >= 0.3 is 0 Å². The lowest BCUT2D eigenvalue weighted by atomic mass is 10.1. The first-order chi connectivity index (χ1) is 13.2. The number of ether oxygens (including phenoxy) is 1. The Morgan fingerprint density at radius 2 is 2.28 bits per heavy atom. The Labute approximate surface area is 153 Å². The minimum atomic E-state index is -2.70. The maximum Gasteiger partial charge on any atom is 0.273 e. The molecular formula is C15H16ClN7O2. The molecule has 1 heterocycles. The fourth-order valence-electron chi connectivity index (χ4n) is 2.03. The van der Waals surface area contributed by atoms with E-state index in [0.717, 1.165) is 6.34 Å². The predicted molar refractivity (Wildman–Crippen MR) is 96.2 cm³/mol. The highest BCUT2D eigenvalue weighted by Gasteiger charge is 2.17. The van der Waals surface area contributed by atoms with E-state index in [1.54, 1.807) is 18.2 Å². The number of carbonyl (C=O) groups is 1. The number of benzene rings is 1.